The summed E-state index contributed by atoms with van der Waals surface area (Å²) in [5.74, 6) is -0.879. The van der Waals surface area contributed by atoms with E-state index in [1.807, 2.05) is 6.92 Å². The minimum Gasteiger partial charge on any atom is -0.478 e. The molecule has 0 atom stereocenters. The van der Waals surface area contributed by atoms with Gasteiger partial charge in [-0.15, -0.1) is 0 Å². The Bertz CT molecular complexity index is 318. The van der Waals surface area contributed by atoms with Gasteiger partial charge in [-0.2, -0.15) is 5.10 Å². The highest BCUT2D eigenvalue weighted by Crippen LogP contribution is 2.11. The van der Waals surface area contributed by atoms with Crippen LogP contribution in [0.25, 0.3) is 0 Å². The molecule has 0 bridgehead atoms. The molecule has 0 aliphatic rings. The number of hydrogen-bond acceptors (Lipinski definition) is 2. The second-order valence-electron chi connectivity index (χ2n) is 3.28. The molecule has 0 unspecified atom stereocenters. The summed E-state index contributed by atoms with van der Waals surface area (Å²) in [6.07, 6.45) is 4.14. The molecule has 0 radical (unpaired) electrons. The van der Waals surface area contributed by atoms with Crippen molar-refractivity contribution in [1.29, 1.82) is 0 Å². The lowest BCUT2D eigenvalue weighted by atomic mass is 10.1. The summed E-state index contributed by atoms with van der Waals surface area (Å²) in [6, 6.07) is 0. The van der Waals surface area contributed by atoms with Gasteiger partial charge in [-0.3, -0.25) is 4.68 Å². The van der Waals surface area contributed by atoms with Crippen molar-refractivity contribution in [3.05, 3.63) is 17.5 Å². The number of carboxylic acid groups (broad SMARTS) is 1. The van der Waals surface area contributed by atoms with Crippen molar-refractivity contribution in [1.82, 2.24) is 9.78 Å². The Hall–Kier alpha value is -1.32. The van der Waals surface area contributed by atoms with Gasteiger partial charge in [0.15, 0.2) is 0 Å². The Morgan fingerprint density at radius 1 is 1.50 bits per heavy atom. The average Bonchev–Trinajstić information content (AvgIpc) is 2.50. The van der Waals surface area contributed by atoms with Crippen LogP contribution >= 0.6 is 0 Å². The van der Waals surface area contributed by atoms with Gasteiger partial charge >= 0.3 is 5.97 Å². The van der Waals surface area contributed by atoms with E-state index in [-0.39, 0.29) is 0 Å². The molecule has 1 aromatic heterocycles. The molecule has 1 aromatic rings. The van der Waals surface area contributed by atoms with Crippen molar-refractivity contribution in [2.45, 2.75) is 39.7 Å². The molecule has 1 rings (SSSR count). The van der Waals surface area contributed by atoms with Crippen LogP contribution in [0.5, 0.6) is 0 Å². The predicted octanol–water partition coefficient (Wildman–Crippen LogP) is 1.94. The molecule has 0 amide bonds. The maximum Gasteiger partial charge on any atom is 0.339 e. The van der Waals surface area contributed by atoms with Gasteiger partial charge in [0.2, 0.25) is 0 Å². The van der Waals surface area contributed by atoms with Crippen molar-refractivity contribution < 1.29 is 9.90 Å². The molecular weight excluding hydrogens is 180 g/mol. The van der Waals surface area contributed by atoms with E-state index in [0.29, 0.717) is 5.56 Å². The van der Waals surface area contributed by atoms with E-state index >= 15 is 0 Å². The van der Waals surface area contributed by atoms with E-state index in [9.17, 15) is 4.79 Å². The summed E-state index contributed by atoms with van der Waals surface area (Å²) in [4.78, 5) is 10.9. The third-order valence-corrected chi connectivity index (χ3v) is 2.10. The molecule has 0 fully saturated rings. The lowest BCUT2D eigenvalue weighted by Crippen LogP contribution is -2.07. The van der Waals surface area contributed by atoms with Gasteiger partial charge in [0.05, 0.1) is 11.9 Å². The number of rotatable bonds is 5. The van der Waals surface area contributed by atoms with E-state index in [4.69, 9.17) is 5.11 Å². The van der Waals surface area contributed by atoms with Crippen LogP contribution in [0.2, 0.25) is 0 Å². The lowest BCUT2D eigenvalue weighted by Gasteiger charge is -2.05. The number of carboxylic acids is 1. The quantitative estimate of drug-likeness (QED) is 0.783. The standard InChI is InChI=1S/C10H16N2O2/c1-3-5-9-8(10(13)14)7-11-12(9)6-4-2/h7H,3-6H2,1-2H3,(H,13,14). The van der Waals surface area contributed by atoms with E-state index in [1.54, 1.807) is 4.68 Å². The van der Waals surface area contributed by atoms with Crippen molar-refractivity contribution in [3.8, 4) is 0 Å². The minimum atomic E-state index is -0.879. The third-order valence-electron chi connectivity index (χ3n) is 2.10. The second kappa shape index (κ2) is 4.79. The van der Waals surface area contributed by atoms with E-state index < -0.39 is 5.97 Å². The van der Waals surface area contributed by atoms with Crippen molar-refractivity contribution >= 4 is 5.97 Å². The molecule has 0 spiro atoms. The van der Waals surface area contributed by atoms with Gasteiger partial charge in [-0.05, 0) is 12.8 Å². The lowest BCUT2D eigenvalue weighted by molar-refractivity contribution is 0.0695. The van der Waals surface area contributed by atoms with Crippen LogP contribution in [0.4, 0.5) is 0 Å². The number of carbonyl (C=O) groups is 1. The van der Waals surface area contributed by atoms with E-state index in [1.165, 1.54) is 6.20 Å². The first kappa shape index (κ1) is 10.8. The molecule has 0 aliphatic carbocycles. The Morgan fingerprint density at radius 2 is 2.21 bits per heavy atom. The number of aromatic carboxylic acids is 1. The number of hydrogen-bond donors (Lipinski definition) is 1. The molecule has 0 aliphatic heterocycles. The number of aromatic nitrogens is 2. The van der Waals surface area contributed by atoms with Crippen LogP contribution < -0.4 is 0 Å². The fraction of sp³-hybridized carbons (Fsp3) is 0.600. The first-order chi connectivity index (χ1) is 6.70. The molecule has 0 aromatic carbocycles. The summed E-state index contributed by atoms with van der Waals surface area (Å²) in [7, 11) is 0. The topological polar surface area (TPSA) is 55.1 Å². The molecule has 4 nitrogen and oxygen atoms in total. The summed E-state index contributed by atoms with van der Waals surface area (Å²) < 4.78 is 1.80. The Morgan fingerprint density at radius 3 is 2.71 bits per heavy atom. The minimum absolute atomic E-state index is 0.348. The maximum absolute atomic E-state index is 10.9. The van der Waals surface area contributed by atoms with Gasteiger partial charge in [0.25, 0.3) is 0 Å². The normalized spacial score (nSPS) is 10.4. The number of nitrogens with zero attached hydrogens (tertiary/aromatic N) is 2. The molecular formula is C10H16N2O2. The van der Waals surface area contributed by atoms with Gasteiger partial charge in [-0.25, -0.2) is 4.79 Å². The van der Waals surface area contributed by atoms with Crippen LogP contribution in [0.3, 0.4) is 0 Å². The second-order valence-corrected chi connectivity index (χ2v) is 3.28. The van der Waals surface area contributed by atoms with Gasteiger partial charge < -0.3 is 5.11 Å². The molecule has 78 valence electrons. The van der Waals surface area contributed by atoms with Gasteiger partial charge in [-0.1, -0.05) is 20.3 Å². The largest absolute Gasteiger partial charge is 0.478 e. The Labute approximate surface area is 83.5 Å². The van der Waals surface area contributed by atoms with Crippen LogP contribution in [0, 0.1) is 0 Å². The molecule has 14 heavy (non-hydrogen) atoms. The first-order valence-corrected chi connectivity index (χ1v) is 4.98. The molecule has 1 N–H and O–H groups in total. The van der Waals surface area contributed by atoms with Gasteiger partial charge in [0.1, 0.15) is 5.56 Å². The highest BCUT2D eigenvalue weighted by molar-refractivity contribution is 5.88. The van der Waals surface area contributed by atoms with Crippen molar-refractivity contribution in [2.24, 2.45) is 0 Å². The third kappa shape index (κ3) is 2.13. The summed E-state index contributed by atoms with van der Waals surface area (Å²) in [6.45, 7) is 4.88. The zero-order valence-electron chi connectivity index (χ0n) is 8.66. The molecule has 1 heterocycles. The van der Waals surface area contributed by atoms with Crippen LogP contribution in [-0.4, -0.2) is 20.9 Å². The van der Waals surface area contributed by atoms with E-state index in [0.717, 1.165) is 31.5 Å². The first-order valence-electron chi connectivity index (χ1n) is 4.98. The number of aryl methyl sites for hydroxylation is 1. The zero-order chi connectivity index (χ0) is 10.6. The van der Waals surface area contributed by atoms with Crippen LogP contribution in [0.15, 0.2) is 6.20 Å². The molecule has 0 saturated carbocycles. The summed E-state index contributed by atoms with van der Waals surface area (Å²) in [5, 5.41) is 13.0. The summed E-state index contributed by atoms with van der Waals surface area (Å²) in [5.41, 5.74) is 1.20. The van der Waals surface area contributed by atoms with Crippen molar-refractivity contribution in [2.75, 3.05) is 0 Å². The van der Waals surface area contributed by atoms with Gasteiger partial charge in [0, 0.05) is 6.54 Å². The zero-order valence-corrected chi connectivity index (χ0v) is 8.66. The summed E-state index contributed by atoms with van der Waals surface area (Å²) >= 11 is 0. The van der Waals surface area contributed by atoms with Crippen LogP contribution in [-0.2, 0) is 13.0 Å². The monoisotopic (exact) mass is 196 g/mol. The Balaban J connectivity index is 3.00. The highest BCUT2D eigenvalue weighted by atomic mass is 16.4. The SMILES string of the molecule is CCCc1c(C(=O)O)cnn1CCC. The predicted molar refractivity (Wildman–Crippen MR) is 53.5 cm³/mol. The van der Waals surface area contributed by atoms with Crippen molar-refractivity contribution in [3.63, 3.8) is 0 Å². The molecule has 4 heteroatoms. The fourth-order valence-electron chi connectivity index (χ4n) is 1.49. The maximum atomic E-state index is 10.9. The van der Waals surface area contributed by atoms with Crippen LogP contribution in [0.1, 0.15) is 42.7 Å². The Kier molecular flexibility index (Phi) is 3.68. The molecule has 0 saturated heterocycles. The average molecular weight is 196 g/mol. The fourth-order valence-corrected chi connectivity index (χ4v) is 1.49. The van der Waals surface area contributed by atoms with E-state index in [2.05, 4.69) is 12.0 Å². The smallest absolute Gasteiger partial charge is 0.339 e. The highest BCUT2D eigenvalue weighted by Gasteiger charge is 2.14.